The van der Waals surface area contributed by atoms with Gasteiger partial charge < -0.3 is 19.8 Å². The van der Waals surface area contributed by atoms with Gasteiger partial charge in [0.15, 0.2) is 0 Å². The van der Waals surface area contributed by atoms with Gasteiger partial charge in [-0.25, -0.2) is 0 Å². The number of nitrogens with zero attached hydrogens (tertiary/aromatic N) is 1. The molecule has 0 aliphatic heterocycles. The van der Waals surface area contributed by atoms with Crippen LogP contribution < -0.4 is 0 Å². The molecule has 0 radical (unpaired) electrons. The lowest BCUT2D eigenvalue weighted by atomic mass is 10.0. The fourth-order valence-electron chi connectivity index (χ4n) is 0.926. The van der Waals surface area contributed by atoms with Gasteiger partial charge in [-0.2, -0.15) is 0 Å². The van der Waals surface area contributed by atoms with Crippen LogP contribution >= 0.6 is 0 Å². The Morgan fingerprint density at radius 3 is 2.43 bits per heavy atom. The Labute approximate surface area is 81.4 Å². The highest BCUT2D eigenvalue weighted by Crippen LogP contribution is 2.08. The number of aliphatic hydroxyl groups is 2. The number of hydrogen-bond donors (Lipinski definition) is 2. The molecule has 0 fully saturated rings. The maximum absolute atomic E-state index is 9.84. The highest BCUT2D eigenvalue weighted by molar-refractivity contribution is 4.71. The number of aliphatic hydroxyl groups excluding tert-OH is 2. The molecule has 0 aromatic carbocycles. The minimum Gasteiger partial charge on any atom is -0.390 e. The fourth-order valence-corrected chi connectivity index (χ4v) is 0.926. The first-order valence-electron chi connectivity index (χ1n) is 4.11. The zero-order valence-corrected chi connectivity index (χ0v) is 8.12. The van der Waals surface area contributed by atoms with E-state index >= 15 is 0 Å². The van der Waals surface area contributed by atoms with Crippen molar-refractivity contribution in [2.24, 2.45) is 5.92 Å². The van der Waals surface area contributed by atoms with Crippen molar-refractivity contribution in [2.45, 2.75) is 19.1 Å². The first kappa shape index (κ1) is 13.1. The summed E-state index contributed by atoms with van der Waals surface area (Å²) in [6.45, 7) is 1.26. The largest absolute Gasteiger partial charge is 0.390 e. The second kappa shape index (κ2) is 6.52. The van der Waals surface area contributed by atoms with Crippen molar-refractivity contribution in [1.82, 2.24) is 0 Å². The van der Waals surface area contributed by atoms with Crippen LogP contribution in [0.15, 0.2) is 0 Å². The van der Waals surface area contributed by atoms with Crippen LogP contribution in [0.1, 0.15) is 6.92 Å². The third-order valence-corrected chi connectivity index (χ3v) is 1.76. The SMILES string of the molecule is COC[C@H](O)[C@H](O)[C@H](C)CO[N+](=O)[O-]. The first-order valence-corrected chi connectivity index (χ1v) is 4.11. The molecule has 84 valence electrons. The molecule has 14 heavy (non-hydrogen) atoms. The maximum atomic E-state index is 9.84. The van der Waals surface area contributed by atoms with E-state index in [1.807, 2.05) is 0 Å². The van der Waals surface area contributed by atoms with Crippen LogP contribution in [0, 0.1) is 16.0 Å². The molecular weight excluding hydrogens is 194 g/mol. The molecule has 0 aliphatic carbocycles. The van der Waals surface area contributed by atoms with E-state index in [-0.39, 0.29) is 13.2 Å². The van der Waals surface area contributed by atoms with Crippen molar-refractivity contribution < 1.29 is 24.9 Å². The molecule has 7 nitrogen and oxygen atoms in total. The third kappa shape index (κ3) is 4.95. The van der Waals surface area contributed by atoms with Gasteiger partial charge in [0.2, 0.25) is 0 Å². The molecule has 3 atom stereocenters. The highest BCUT2D eigenvalue weighted by Gasteiger charge is 2.23. The molecule has 0 saturated carbocycles. The van der Waals surface area contributed by atoms with E-state index in [1.165, 1.54) is 14.0 Å². The lowest BCUT2D eigenvalue weighted by Gasteiger charge is -2.22. The zero-order chi connectivity index (χ0) is 11.1. The Hall–Kier alpha value is -0.920. The monoisotopic (exact) mass is 209 g/mol. The standard InChI is InChI=1S/C7H15NO6/c1-5(3-14-8(11)12)7(10)6(9)4-13-2/h5-7,9-10H,3-4H2,1-2H3/t5-,6+,7-/m1/s1. The summed E-state index contributed by atoms with van der Waals surface area (Å²) in [6.07, 6.45) is -2.17. The smallest absolute Gasteiger partial charge is 0.294 e. The Morgan fingerprint density at radius 2 is 2.00 bits per heavy atom. The van der Waals surface area contributed by atoms with Crippen LogP contribution in [0.3, 0.4) is 0 Å². The van der Waals surface area contributed by atoms with Gasteiger partial charge in [-0.1, -0.05) is 6.92 Å². The van der Waals surface area contributed by atoms with E-state index < -0.39 is 23.2 Å². The van der Waals surface area contributed by atoms with E-state index in [2.05, 4.69) is 9.57 Å². The summed E-state index contributed by atoms with van der Waals surface area (Å²) in [5, 5.41) is 27.5. The Balaban J connectivity index is 3.85. The van der Waals surface area contributed by atoms with Crippen molar-refractivity contribution in [3.8, 4) is 0 Å². The van der Waals surface area contributed by atoms with Crippen LogP contribution in [0.5, 0.6) is 0 Å². The quantitative estimate of drug-likeness (QED) is 0.420. The fraction of sp³-hybridized carbons (Fsp3) is 1.00. The highest BCUT2D eigenvalue weighted by atomic mass is 16.9. The molecule has 0 aromatic heterocycles. The van der Waals surface area contributed by atoms with Crippen LogP contribution in [0.2, 0.25) is 0 Å². The van der Waals surface area contributed by atoms with E-state index in [4.69, 9.17) is 0 Å². The van der Waals surface area contributed by atoms with Crippen molar-refractivity contribution in [3.63, 3.8) is 0 Å². The lowest BCUT2D eigenvalue weighted by molar-refractivity contribution is -0.759. The topological polar surface area (TPSA) is 102 Å². The van der Waals surface area contributed by atoms with Gasteiger partial charge in [0.1, 0.15) is 12.7 Å². The van der Waals surface area contributed by atoms with Gasteiger partial charge in [0.05, 0.1) is 12.7 Å². The summed E-state index contributed by atoms with van der Waals surface area (Å²) in [6, 6.07) is 0. The summed E-state index contributed by atoms with van der Waals surface area (Å²) in [5.74, 6) is -0.537. The molecular formula is C7H15NO6. The molecule has 7 heteroatoms. The molecule has 0 unspecified atom stereocenters. The minimum absolute atomic E-state index is 0.0238. The lowest BCUT2D eigenvalue weighted by Crippen LogP contribution is -2.37. The molecule has 0 amide bonds. The molecule has 2 N–H and O–H groups in total. The second-order valence-corrected chi connectivity index (χ2v) is 3.01. The van der Waals surface area contributed by atoms with Crippen LogP contribution in [0.25, 0.3) is 0 Å². The average molecular weight is 209 g/mol. The van der Waals surface area contributed by atoms with Crippen molar-refractivity contribution in [2.75, 3.05) is 20.3 Å². The molecule has 0 aliphatic rings. The van der Waals surface area contributed by atoms with Crippen molar-refractivity contribution in [3.05, 3.63) is 10.1 Å². The van der Waals surface area contributed by atoms with Gasteiger partial charge in [-0.3, -0.25) is 0 Å². The predicted molar refractivity (Wildman–Crippen MR) is 46.0 cm³/mol. The summed E-state index contributed by atoms with van der Waals surface area (Å²) in [4.78, 5) is 13.9. The van der Waals surface area contributed by atoms with Crippen LogP contribution in [-0.2, 0) is 9.57 Å². The van der Waals surface area contributed by atoms with E-state index in [9.17, 15) is 20.3 Å². The predicted octanol–water partition coefficient (Wildman–Crippen LogP) is -0.801. The molecule has 0 aromatic rings. The normalized spacial score (nSPS) is 17.1. The van der Waals surface area contributed by atoms with E-state index in [0.29, 0.717) is 0 Å². The second-order valence-electron chi connectivity index (χ2n) is 3.01. The van der Waals surface area contributed by atoms with Crippen LogP contribution in [0.4, 0.5) is 0 Å². The number of rotatable bonds is 7. The molecule has 0 bridgehead atoms. The van der Waals surface area contributed by atoms with E-state index in [1.54, 1.807) is 0 Å². The Bertz CT molecular complexity index is 176. The van der Waals surface area contributed by atoms with Gasteiger partial charge in [-0.15, -0.1) is 10.1 Å². The number of methoxy groups -OCH3 is 1. The summed E-state index contributed by atoms with van der Waals surface area (Å²) in [5.41, 5.74) is 0. The first-order chi connectivity index (χ1) is 6.49. The zero-order valence-electron chi connectivity index (χ0n) is 8.12. The Kier molecular flexibility index (Phi) is 6.09. The third-order valence-electron chi connectivity index (χ3n) is 1.76. The molecule has 0 saturated heterocycles. The van der Waals surface area contributed by atoms with Crippen LogP contribution in [-0.4, -0.2) is 47.8 Å². The molecule has 0 heterocycles. The van der Waals surface area contributed by atoms with Gasteiger partial charge in [-0.05, 0) is 0 Å². The molecule has 0 rings (SSSR count). The summed E-state index contributed by atoms with van der Waals surface area (Å²) in [7, 11) is 1.38. The minimum atomic E-state index is -1.10. The Morgan fingerprint density at radius 1 is 1.43 bits per heavy atom. The summed E-state index contributed by atoms with van der Waals surface area (Å²) >= 11 is 0. The number of hydrogen-bond acceptors (Lipinski definition) is 6. The van der Waals surface area contributed by atoms with E-state index in [0.717, 1.165) is 0 Å². The van der Waals surface area contributed by atoms with Crippen molar-refractivity contribution >= 4 is 0 Å². The van der Waals surface area contributed by atoms with Gasteiger partial charge in [0, 0.05) is 13.0 Å². The summed E-state index contributed by atoms with van der Waals surface area (Å²) < 4.78 is 4.62. The van der Waals surface area contributed by atoms with Gasteiger partial charge in [0.25, 0.3) is 5.09 Å². The number of ether oxygens (including phenoxy) is 1. The van der Waals surface area contributed by atoms with Gasteiger partial charge >= 0.3 is 0 Å². The molecule has 0 spiro atoms. The maximum Gasteiger partial charge on any atom is 0.294 e. The average Bonchev–Trinajstić information content (AvgIpc) is 2.13. The van der Waals surface area contributed by atoms with Crippen molar-refractivity contribution in [1.29, 1.82) is 0 Å².